The van der Waals surface area contributed by atoms with Crippen LogP contribution in [0, 0.1) is 28.6 Å². The number of hydrogen-bond donors (Lipinski definition) is 0. The summed E-state index contributed by atoms with van der Waals surface area (Å²) in [6.45, 7) is 7.30. The third kappa shape index (κ3) is 5.80. The standard InChI is InChI=1S/C16H25N5O2/c17-3-1-2-15(12-18)13-19-4-6-21(7-5-19)16(22)14-20-8-10-23-11-9-20/h15H,1-2,4-11,13-14H2. The normalized spacial score (nSPS) is 21.4. The van der Waals surface area contributed by atoms with Gasteiger partial charge in [-0.3, -0.25) is 14.6 Å². The van der Waals surface area contributed by atoms with Crippen molar-refractivity contribution in [2.75, 3.05) is 65.6 Å². The minimum absolute atomic E-state index is 0.0924. The molecule has 2 saturated heterocycles. The highest BCUT2D eigenvalue weighted by Crippen LogP contribution is 2.11. The molecular weight excluding hydrogens is 294 g/mol. The number of nitriles is 2. The van der Waals surface area contributed by atoms with E-state index in [1.807, 2.05) is 4.90 Å². The van der Waals surface area contributed by atoms with Crippen LogP contribution in [-0.2, 0) is 9.53 Å². The molecular formula is C16H25N5O2. The van der Waals surface area contributed by atoms with E-state index in [4.69, 9.17) is 15.3 Å². The summed E-state index contributed by atoms with van der Waals surface area (Å²) >= 11 is 0. The summed E-state index contributed by atoms with van der Waals surface area (Å²) in [4.78, 5) is 18.6. The van der Waals surface area contributed by atoms with Gasteiger partial charge in [0.05, 0.1) is 37.8 Å². The van der Waals surface area contributed by atoms with Gasteiger partial charge < -0.3 is 9.64 Å². The Labute approximate surface area is 138 Å². The Kier molecular flexibility index (Phi) is 7.28. The molecule has 0 N–H and O–H groups in total. The monoisotopic (exact) mass is 319 g/mol. The van der Waals surface area contributed by atoms with Gasteiger partial charge in [0.15, 0.2) is 0 Å². The minimum atomic E-state index is -0.0924. The Bertz CT molecular complexity index is 456. The highest BCUT2D eigenvalue weighted by atomic mass is 16.5. The first kappa shape index (κ1) is 17.7. The molecule has 0 bridgehead atoms. The van der Waals surface area contributed by atoms with Crippen LogP contribution in [0.4, 0.5) is 0 Å². The molecule has 7 heteroatoms. The Morgan fingerprint density at radius 3 is 2.35 bits per heavy atom. The highest BCUT2D eigenvalue weighted by molar-refractivity contribution is 5.78. The smallest absolute Gasteiger partial charge is 0.236 e. The van der Waals surface area contributed by atoms with Crippen molar-refractivity contribution in [3.05, 3.63) is 0 Å². The zero-order valence-corrected chi connectivity index (χ0v) is 13.6. The summed E-state index contributed by atoms with van der Waals surface area (Å²) in [6, 6.07) is 4.37. The molecule has 0 aliphatic carbocycles. The number of morpholine rings is 1. The van der Waals surface area contributed by atoms with Crippen molar-refractivity contribution < 1.29 is 9.53 Å². The zero-order chi connectivity index (χ0) is 16.5. The van der Waals surface area contributed by atoms with E-state index in [1.54, 1.807) is 0 Å². The molecule has 1 amide bonds. The van der Waals surface area contributed by atoms with Gasteiger partial charge in [0.2, 0.25) is 5.91 Å². The lowest BCUT2D eigenvalue weighted by molar-refractivity contribution is -0.135. The predicted octanol–water partition coefficient (Wildman–Crippen LogP) is -0.0936. The van der Waals surface area contributed by atoms with Gasteiger partial charge in [-0.1, -0.05) is 0 Å². The fourth-order valence-electron chi connectivity index (χ4n) is 2.98. The number of ether oxygens (including phenoxy) is 1. The third-order valence-electron chi connectivity index (χ3n) is 4.45. The number of piperazine rings is 1. The first-order valence-corrected chi connectivity index (χ1v) is 8.29. The first-order chi connectivity index (χ1) is 11.2. The molecule has 0 aromatic rings. The number of hydrogen-bond acceptors (Lipinski definition) is 6. The largest absolute Gasteiger partial charge is 0.379 e. The van der Waals surface area contributed by atoms with Gasteiger partial charge in [0, 0.05) is 52.2 Å². The molecule has 2 aliphatic heterocycles. The quantitative estimate of drug-likeness (QED) is 0.680. The minimum Gasteiger partial charge on any atom is -0.379 e. The summed E-state index contributed by atoms with van der Waals surface area (Å²) in [5.74, 6) is 0.0955. The van der Waals surface area contributed by atoms with E-state index in [0.717, 1.165) is 39.3 Å². The summed E-state index contributed by atoms with van der Waals surface area (Å²) < 4.78 is 5.30. The number of amides is 1. The zero-order valence-electron chi connectivity index (χ0n) is 13.6. The van der Waals surface area contributed by atoms with E-state index >= 15 is 0 Å². The van der Waals surface area contributed by atoms with Gasteiger partial charge in [-0.05, 0) is 6.42 Å². The summed E-state index contributed by atoms with van der Waals surface area (Å²) in [6.07, 6.45) is 1.05. The number of carbonyl (C=O) groups is 1. The van der Waals surface area contributed by atoms with Crippen LogP contribution in [0.15, 0.2) is 0 Å². The van der Waals surface area contributed by atoms with Crippen molar-refractivity contribution in [2.24, 2.45) is 5.92 Å². The third-order valence-corrected chi connectivity index (χ3v) is 4.45. The fraction of sp³-hybridized carbons (Fsp3) is 0.812. The average Bonchev–Trinajstić information content (AvgIpc) is 2.60. The van der Waals surface area contributed by atoms with Crippen LogP contribution in [-0.4, -0.2) is 86.2 Å². The van der Waals surface area contributed by atoms with E-state index in [2.05, 4.69) is 21.9 Å². The van der Waals surface area contributed by atoms with Crippen molar-refractivity contribution in [1.82, 2.24) is 14.7 Å². The van der Waals surface area contributed by atoms with Crippen LogP contribution < -0.4 is 0 Å². The lowest BCUT2D eigenvalue weighted by Crippen LogP contribution is -2.52. The van der Waals surface area contributed by atoms with Crippen LogP contribution >= 0.6 is 0 Å². The molecule has 2 fully saturated rings. The number of nitrogens with zero attached hydrogens (tertiary/aromatic N) is 5. The van der Waals surface area contributed by atoms with Gasteiger partial charge >= 0.3 is 0 Å². The van der Waals surface area contributed by atoms with Crippen molar-refractivity contribution in [1.29, 1.82) is 10.5 Å². The van der Waals surface area contributed by atoms with Crippen LogP contribution in [0.5, 0.6) is 0 Å². The lowest BCUT2D eigenvalue weighted by atomic mass is 10.0. The van der Waals surface area contributed by atoms with Crippen LogP contribution in [0.3, 0.4) is 0 Å². The van der Waals surface area contributed by atoms with Crippen LogP contribution in [0.25, 0.3) is 0 Å². The van der Waals surface area contributed by atoms with Crippen molar-refractivity contribution >= 4 is 5.91 Å². The molecule has 2 heterocycles. The van der Waals surface area contributed by atoms with Gasteiger partial charge in [-0.2, -0.15) is 10.5 Å². The second-order valence-electron chi connectivity index (χ2n) is 6.09. The Balaban J connectivity index is 1.69. The van der Waals surface area contributed by atoms with Crippen molar-refractivity contribution in [3.63, 3.8) is 0 Å². The van der Waals surface area contributed by atoms with Crippen molar-refractivity contribution in [2.45, 2.75) is 12.8 Å². The maximum Gasteiger partial charge on any atom is 0.236 e. The van der Waals surface area contributed by atoms with Gasteiger partial charge in [-0.25, -0.2) is 0 Å². The van der Waals surface area contributed by atoms with E-state index in [0.29, 0.717) is 39.1 Å². The summed E-state index contributed by atoms with van der Waals surface area (Å²) in [5, 5.41) is 17.8. The second kappa shape index (κ2) is 9.46. The molecule has 0 aromatic heterocycles. The van der Waals surface area contributed by atoms with Crippen LogP contribution in [0.1, 0.15) is 12.8 Å². The maximum absolute atomic E-state index is 12.3. The Morgan fingerprint density at radius 2 is 1.74 bits per heavy atom. The van der Waals surface area contributed by atoms with Crippen LogP contribution in [0.2, 0.25) is 0 Å². The first-order valence-electron chi connectivity index (χ1n) is 8.29. The SMILES string of the molecule is N#CCCC(C#N)CN1CCN(C(=O)CN2CCOCC2)CC1. The molecule has 0 saturated carbocycles. The topological polar surface area (TPSA) is 83.6 Å². The Morgan fingerprint density at radius 1 is 1.04 bits per heavy atom. The Hall–Kier alpha value is -1.67. The predicted molar refractivity (Wildman–Crippen MR) is 84.2 cm³/mol. The molecule has 1 unspecified atom stereocenters. The molecule has 0 spiro atoms. The van der Waals surface area contributed by atoms with Crippen molar-refractivity contribution in [3.8, 4) is 12.1 Å². The number of rotatable bonds is 6. The fourth-order valence-corrected chi connectivity index (χ4v) is 2.98. The highest BCUT2D eigenvalue weighted by Gasteiger charge is 2.24. The molecule has 2 aliphatic rings. The van der Waals surface area contributed by atoms with E-state index in [1.165, 1.54) is 0 Å². The van der Waals surface area contributed by atoms with Gasteiger partial charge in [-0.15, -0.1) is 0 Å². The maximum atomic E-state index is 12.3. The second-order valence-corrected chi connectivity index (χ2v) is 6.09. The average molecular weight is 319 g/mol. The summed E-state index contributed by atoms with van der Waals surface area (Å²) in [5.41, 5.74) is 0. The van der Waals surface area contributed by atoms with Gasteiger partial charge in [0.1, 0.15) is 0 Å². The molecule has 7 nitrogen and oxygen atoms in total. The van der Waals surface area contributed by atoms with E-state index < -0.39 is 0 Å². The molecule has 0 aromatic carbocycles. The van der Waals surface area contributed by atoms with Gasteiger partial charge in [0.25, 0.3) is 0 Å². The van der Waals surface area contributed by atoms with E-state index in [-0.39, 0.29) is 11.8 Å². The van der Waals surface area contributed by atoms with E-state index in [9.17, 15) is 4.79 Å². The molecule has 0 radical (unpaired) electrons. The lowest BCUT2D eigenvalue weighted by Gasteiger charge is -2.36. The summed E-state index contributed by atoms with van der Waals surface area (Å²) in [7, 11) is 0. The number of carbonyl (C=O) groups excluding carboxylic acids is 1. The molecule has 2 rings (SSSR count). The molecule has 23 heavy (non-hydrogen) atoms. The molecule has 126 valence electrons. The molecule has 1 atom stereocenters.